The number of aromatic carboxylic acids is 1. The van der Waals surface area contributed by atoms with E-state index in [0.29, 0.717) is 8.95 Å². The summed E-state index contributed by atoms with van der Waals surface area (Å²) in [6, 6.07) is 8.35. The third-order valence-corrected chi connectivity index (χ3v) is 4.38. The zero-order valence-corrected chi connectivity index (χ0v) is 16.6. The van der Waals surface area contributed by atoms with Gasteiger partial charge < -0.3 is 10.4 Å². The number of para-hydroxylation sites is 1. The molecule has 0 aliphatic heterocycles. The molecule has 134 valence electrons. The summed E-state index contributed by atoms with van der Waals surface area (Å²) in [4.78, 5) is 34.0. The summed E-state index contributed by atoms with van der Waals surface area (Å²) >= 11 is 11.4. The van der Waals surface area contributed by atoms with Crippen molar-refractivity contribution in [2.24, 2.45) is 0 Å². The van der Waals surface area contributed by atoms with Gasteiger partial charge in [-0.25, -0.2) is 4.79 Å². The van der Waals surface area contributed by atoms with Crippen LogP contribution in [-0.2, 0) is 0 Å². The predicted molar refractivity (Wildman–Crippen MR) is 106 cm³/mol. The second-order valence-corrected chi connectivity index (χ2v) is 6.98. The number of thiocarbonyl (C=S) groups is 1. The van der Waals surface area contributed by atoms with E-state index >= 15 is 0 Å². The van der Waals surface area contributed by atoms with Crippen LogP contribution in [0, 0.1) is 10.1 Å². The Morgan fingerprint density at radius 2 is 1.81 bits per heavy atom. The van der Waals surface area contributed by atoms with Crippen LogP contribution in [0.4, 0.5) is 11.4 Å². The Hall–Kier alpha value is -2.37. The number of carbonyl (C=O) groups excluding carboxylic acids is 1. The summed E-state index contributed by atoms with van der Waals surface area (Å²) in [5, 5.41) is 25.0. The molecule has 0 aromatic heterocycles. The van der Waals surface area contributed by atoms with E-state index in [1.165, 1.54) is 30.3 Å². The van der Waals surface area contributed by atoms with Crippen LogP contribution in [0.15, 0.2) is 45.3 Å². The average molecular weight is 503 g/mol. The maximum absolute atomic E-state index is 12.2. The minimum Gasteiger partial charge on any atom is -0.478 e. The van der Waals surface area contributed by atoms with E-state index in [0.717, 1.165) is 0 Å². The van der Waals surface area contributed by atoms with Crippen molar-refractivity contribution in [1.29, 1.82) is 0 Å². The average Bonchev–Trinajstić information content (AvgIpc) is 2.56. The van der Waals surface area contributed by atoms with Gasteiger partial charge in [-0.2, -0.15) is 0 Å². The molecule has 0 aliphatic rings. The van der Waals surface area contributed by atoms with E-state index in [4.69, 9.17) is 12.2 Å². The molecule has 0 saturated carbocycles. The van der Waals surface area contributed by atoms with Crippen LogP contribution in [0.1, 0.15) is 20.7 Å². The standard InChI is InChI=1S/C15H9Br2N3O5S/c16-7-5-9(14(22)23)12(10(17)6-7)18-15(26)19-13(21)8-3-1-2-4-11(8)20(24)25/h1-6H,(H,22,23)(H2,18,19,21,26). The molecule has 0 heterocycles. The molecule has 0 unspecified atom stereocenters. The maximum atomic E-state index is 12.2. The van der Waals surface area contributed by atoms with E-state index < -0.39 is 16.8 Å². The van der Waals surface area contributed by atoms with Gasteiger partial charge in [0, 0.05) is 15.0 Å². The summed E-state index contributed by atoms with van der Waals surface area (Å²) in [5.41, 5.74) is -0.499. The first-order valence-electron chi connectivity index (χ1n) is 6.78. The molecule has 3 N–H and O–H groups in total. The molecule has 0 aliphatic carbocycles. The van der Waals surface area contributed by atoms with Gasteiger partial charge in [0.15, 0.2) is 5.11 Å². The summed E-state index contributed by atoms with van der Waals surface area (Å²) in [5.74, 6) is -2.00. The lowest BCUT2D eigenvalue weighted by Crippen LogP contribution is -2.35. The minimum absolute atomic E-state index is 0.0893. The van der Waals surface area contributed by atoms with Crippen LogP contribution in [-0.4, -0.2) is 27.0 Å². The normalized spacial score (nSPS) is 10.1. The monoisotopic (exact) mass is 501 g/mol. The van der Waals surface area contributed by atoms with Gasteiger partial charge >= 0.3 is 5.97 Å². The van der Waals surface area contributed by atoms with Gasteiger partial charge in [0.1, 0.15) is 5.56 Å². The minimum atomic E-state index is -1.21. The smallest absolute Gasteiger partial charge is 0.337 e. The quantitative estimate of drug-likeness (QED) is 0.328. The number of anilines is 1. The molecular weight excluding hydrogens is 494 g/mol. The van der Waals surface area contributed by atoms with Crippen molar-refractivity contribution in [2.45, 2.75) is 0 Å². The van der Waals surface area contributed by atoms with Crippen molar-refractivity contribution in [3.05, 3.63) is 66.6 Å². The van der Waals surface area contributed by atoms with Crippen LogP contribution in [0.25, 0.3) is 0 Å². The second kappa shape index (κ2) is 8.34. The molecule has 0 spiro atoms. The third-order valence-electron chi connectivity index (χ3n) is 3.10. The largest absolute Gasteiger partial charge is 0.478 e. The topological polar surface area (TPSA) is 122 Å². The van der Waals surface area contributed by atoms with Crippen molar-refractivity contribution in [3.63, 3.8) is 0 Å². The molecule has 0 saturated heterocycles. The van der Waals surface area contributed by atoms with Crippen LogP contribution in [0.3, 0.4) is 0 Å². The number of nitrogens with one attached hydrogen (secondary N) is 2. The van der Waals surface area contributed by atoms with Gasteiger partial charge in [-0.05, 0) is 46.3 Å². The molecule has 2 aromatic carbocycles. The highest BCUT2D eigenvalue weighted by atomic mass is 79.9. The number of rotatable bonds is 4. The zero-order chi connectivity index (χ0) is 19.4. The molecule has 11 heteroatoms. The van der Waals surface area contributed by atoms with Gasteiger partial charge in [0.2, 0.25) is 0 Å². The molecule has 0 radical (unpaired) electrons. The highest BCUT2D eigenvalue weighted by molar-refractivity contribution is 9.11. The summed E-state index contributed by atoms with van der Waals surface area (Å²) in [6.07, 6.45) is 0. The number of amides is 1. The van der Waals surface area contributed by atoms with Crippen molar-refractivity contribution >= 4 is 72.4 Å². The summed E-state index contributed by atoms with van der Waals surface area (Å²) < 4.78 is 0.925. The van der Waals surface area contributed by atoms with E-state index in [1.807, 2.05) is 0 Å². The Kier molecular flexibility index (Phi) is 6.40. The highest BCUT2D eigenvalue weighted by Crippen LogP contribution is 2.31. The van der Waals surface area contributed by atoms with Gasteiger partial charge in [-0.3, -0.25) is 20.2 Å². The number of carboxylic acid groups (broad SMARTS) is 1. The molecule has 0 fully saturated rings. The molecule has 0 atom stereocenters. The second-order valence-electron chi connectivity index (χ2n) is 4.80. The molecule has 2 rings (SSSR count). The highest BCUT2D eigenvalue weighted by Gasteiger charge is 2.21. The first-order valence-corrected chi connectivity index (χ1v) is 8.78. The van der Waals surface area contributed by atoms with E-state index in [2.05, 4.69) is 42.5 Å². The van der Waals surface area contributed by atoms with Gasteiger partial charge in [0.25, 0.3) is 11.6 Å². The third kappa shape index (κ3) is 4.62. The molecule has 26 heavy (non-hydrogen) atoms. The molecule has 8 nitrogen and oxygen atoms in total. The zero-order valence-electron chi connectivity index (χ0n) is 12.7. The SMILES string of the molecule is O=C(NC(=S)Nc1c(Br)cc(Br)cc1C(=O)O)c1ccccc1[N+](=O)[O-]. The van der Waals surface area contributed by atoms with E-state index in [9.17, 15) is 24.8 Å². The molecule has 2 aromatic rings. The Bertz CT molecular complexity index is 935. The van der Waals surface area contributed by atoms with E-state index in [1.54, 1.807) is 6.07 Å². The van der Waals surface area contributed by atoms with Gasteiger partial charge in [-0.1, -0.05) is 28.1 Å². The molecule has 1 amide bonds. The van der Waals surface area contributed by atoms with Gasteiger partial charge in [-0.15, -0.1) is 0 Å². The van der Waals surface area contributed by atoms with Crippen molar-refractivity contribution in [3.8, 4) is 0 Å². The summed E-state index contributed by atoms with van der Waals surface area (Å²) in [6.45, 7) is 0. The Morgan fingerprint density at radius 1 is 1.15 bits per heavy atom. The van der Waals surface area contributed by atoms with Crippen molar-refractivity contribution in [2.75, 3.05) is 5.32 Å². The number of carboxylic acids is 1. The lowest BCUT2D eigenvalue weighted by molar-refractivity contribution is -0.385. The molecule has 0 bridgehead atoms. The number of nitro benzene ring substituents is 1. The Labute approximate surface area is 169 Å². The van der Waals surface area contributed by atoms with Crippen LogP contribution < -0.4 is 10.6 Å². The van der Waals surface area contributed by atoms with E-state index in [-0.39, 0.29) is 27.6 Å². The number of nitrogens with zero attached hydrogens (tertiary/aromatic N) is 1. The van der Waals surface area contributed by atoms with Crippen LogP contribution in [0.5, 0.6) is 0 Å². The maximum Gasteiger partial charge on any atom is 0.337 e. The first kappa shape index (κ1) is 19.9. The lowest BCUT2D eigenvalue weighted by Gasteiger charge is -2.14. The first-order chi connectivity index (χ1) is 12.2. The Morgan fingerprint density at radius 3 is 2.42 bits per heavy atom. The number of hydrogen-bond acceptors (Lipinski definition) is 5. The fraction of sp³-hybridized carbons (Fsp3) is 0. The summed E-state index contributed by atoms with van der Waals surface area (Å²) in [7, 11) is 0. The van der Waals surface area contributed by atoms with Crippen molar-refractivity contribution < 1.29 is 19.6 Å². The number of hydrogen-bond donors (Lipinski definition) is 3. The van der Waals surface area contributed by atoms with Gasteiger partial charge in [0.05, 0.1) is 16.2 Å². The fourth-order valence-corrected chi connectivity index (χ4v) is 3.53. The van der Waals surface area contributed by atoms with Crippen LogP contribution in [0.2, 0.25) is 0 Å². The number of halogens is 2. The molecular formula is C15H9Br2N3O5S. The Balaban J connectivity index is 2.24. The number of benzene rings is 2. The predicted octanol–water partition coefficient (Wildman–Crippen LogP) is 3.94. The van der Waals surface area contributed by atoms with Crippen LogP contribution >= 0.6 is 44.1 Å². The fourth-order valence-electron chi connectivity index (χ4n) is 2.01. The number of carbonyl (C=O) groups is 2. The number of nitro groups is 1. The lowest BCUT2D eigenvalue weighted by atomic mass is 10.1. The van der Waals surface area contributed by atoms with Crippen molar-refractivity contribution in [1.82, 2.24) is 5.32 Å².